The Morgan fingerprint density at radius 2 is 1.90 bits per heavy atom. The Kier molecular flexibility index (Phi) is 5.24. The van der Waals surface area contributed by atoms with Crippen LogP contribution < -0.4 is 5.32 Å². The van der Waals surface area contributed by atoms with Gasteiger partial charge in [0.05, 0.1) is 5.92 Å². The summed E-state index contributed by atoms with van der Waals surface area (Å²) in [6.45, 7) is 2.04. The average molecular weight is 285 g/mol. The number of thioether (sulfide) groups is 1. The van der Waals surface area contributed by atoms with Crippen LogP contribution in [0.25, 0.3) is 0 Å². The molecule has 0 bridgehead atoms. The molecule has 0 heterocycles. The Hall–Kier alpha value is -1.74. The molecule has 1 atom stereocenters. The van der Waals surface area contributed by atoms with Crippen LogP contribution >= 0.6 is 11.8 Å². The third-order valence-electron chi connectivity index (χ3n) is 3.26. The van der Waals surface area contributed by atoms with Crippen molar-refractivity contribution in [3.8, 4) is 0 Å². The molecule has 1 amide bonds. The second kappa shape index (κ2) is 7.15. The first kappa shape index (κ1) is 14.7. The summed E-state index contributed by atoms with van der Waals surface area (Å²) >= 11 is 1.67. The molecule has 20 heavy (non-hydrogen) atoms. The van der Waals surface area contributed by atoms with Gasteiger partial charge in [-0.1, -0.05) is 43.3 Å². The number of carbonyl (C=O) groups excluding carboxylic acids is 1. The number of carbonyl (C=O) groups is 1. The SMILES string of the molecule is CC[C@H](C(=O)Nc1cccc(SC)c1)c1ccccc1. The summed E-state index contributed by atoms with van der Waals surface area (Å²) in [6, 6.07) is 17.8. The van der Waals surface area contributed by atoms with Gasteiger partial charge in [0.25, 0.3) is 0 Å². The fourth-order valence-electron chi connectivity index (χ4n) is 2.19. The number of nitrogens with one attached hydrogen (secondary N) is 1. The molecule has 2 rings (SSSR count). The number of hydrogen-bond donors (Lipinski definition) is 1. The van der Waals surface area contributed by atoms with Crippen molar-refractivity contribution >= 4 is 23.4 Å². The minimum absolute atomic E-state index is 0.0527. The van der Waals surface area contributed by atoms with E-state index in [2.05, 4.69) is 5.32 Å². The van der Waals surface area contributed by atoms with Gasteiger partial charge in [0, 0.05) is 10.6 Å². The quantitative estimate of drug-likeness (QED) is 0.817. The van der Waals surface area contributed by atoms with Gasteiger partial charge in [-0.25, -0.2) is 0 Å². The van der Waals surface area contributed by atoms with Gasteiger partial charge in [0.15, 0.2) is 0 Å². The van der Waals surface area contributed by atoms with Crippen LogP contribution in [0.2, 0.25) is 0 Å². The van der Waals surface area contributed by atoms with Crippen LogP contribution in [0.4, 0.5) is 5.69 Å². The topological polar surface area (TPSA) is 29.1 Å². The van der Waals surface area contributed by atoms with Crippen molar-refractivity contribution in [3.63, 3.8) is 0 Å². The summed E-state index contributed by atoms with van der Waals surface area (Å²) < 4.78 is 0. The van der Waals surface area contributed by atoms with E-state index in [4.69, 9.17) is 0 Å². The first-order valence-corrected chi connectivity index (χ1v) is 7.97. The lowest BCUT2D eigenvalue weighted by molar-refractivity contribution is -0.117. The van der Waals surface area contributed by atoms with Crippen molar-refractivity contribution in [3.05, 3.63) is 60.2 Å². The molecular formula is C17H19NOS. The van der Waals surface area contributed by atoms with E-state index in [1.165, 1.54) is 0 Å². The molecule has 0 fully saturated rings. The standard InChI is InChI=1S/C17H19NOS/c1-3-16(13-8-5-4-6-9-13)17(19)18-14-10-7-11-15(12-14)20-2/h4-12,16H,3H2,1-2H3,(H,18,19)/t16-/m0/s1. The molecule has 0 saturated carbocycles. The average Bonchev–Trinajstić information content (AvgIpc) is 2.49. The predicted molar refractivity (Wildman–Crippen MR) is 86.3 cm³/mol. The van der Waals surface area contributed by atoms with Crippen LogP contribution in [0, 0.1) is 0 Å². The molecular weight excluding hydrogens is 266 g/mol. The lowest BCUT2D eigenvalue weighted by Gasteiger charge is -2.15. The smallest absolute Gasteiger partial charge is 0.231 e. The first-order chi connectivity index (χ1) is 9.74. The van der Waals surface area contributed by atoms with Gasteiger partial charge in [-0.2, -0.15) is 0 Å². The van der Waals surface area contributed by atoms with Crippen LogP contribution in [0.5, 0.6) is 0 Å². The molecule has 2 nitrogen and oxygen atoms in total. The first-order valence-electron chi connectivity index (χ1n) is 6.74. The highest BCUT2D eigenvalue weighted by Crippen LogP contribution is 2.23. The molecule has 0 spiro atoms. The third kappa shape index (κ3) is 3.64. The van der Waals surface area contributed by atoms with Gasteiger partial charge in [-0.15, -0.1) is 11.8 Å². The lowest BCUT2D eigenvalue weighted by Crippen LogP contribution is -2.20. The van der Waals surface area contributed by atoms with E-state index < -0.39 is 0 Å². The summed E-state index contributed by atoms with van der Waals surface area (Å²) in [7, 11) is 0. The Morgan fingerprint density at radius 3 is 2.55 bits per heavy atom. The molecule has 2 aromatic carbocycles. The van der Waals surface area contributed by atoms with E-state index in [-0.39, 0.29) is 11.8 Å². The molecule has 1 N–H and O–H groups in total. The fraction of sp³-hybridized carbons (Fsp3) is 0.235. The Labute approximate surface area is 124 Å². The van der Waals surface area contributed by atoms with Gasteiger partial charge in [0.1, 0.15) is 0 Å². The van der Waals surface area contributed by atoms with E-state index in [1.807, 2.05) is 67.8 Å². The zero-order valence-electron chi connectivity index (χ0n) is 11.8. The third-order valence-corrected chi connectivity index (χ3v) is 3.99. The van der Waals surface area contributed by atoms with Crippen molar-refractivity contribution in [2.75, 3.05) is 11.6 Å². The van der Waals surface area contributed by atoms with Crippen molar-refractivity contribution in [1.29, 1.82) is 0 Å². The minimum atomic E-state index is -0.103. The maximum atomic E-state index is 12.4. The largest absolute Gasteiger partial charge is 0.326 e. The van der Waals surface area contributed by atoms with Crippen LogP contribution in [0.15, 0.2) is 59.5 Å². The van der Waals surface area contributed by atoms with Crippen molar-refractivity contribution in [2.45, 2.75) is 24.2 Å². The van der Waals surface area contributed by atoms with E-state index >= 15 is 0 Å². The van der Waals surface area contributed by atoms with Crippen LogP contribution in [0.3, 0.4) is 0 Å². The highest BCUT2D eigenvalue weighted by molar-refractivity contribution is 7.98. The predicted octanol–water partition coefficient (Wildman–Crippen LogP) is 4.54. The normalized spacial score (nSPS) is 11.9. The monoisotopic (exact) mass is 285 g/mol. The van der Waals surface area contributed by atoms with Crippen LogP contribution in [0.1, 0.15) is 24.8 Å². The number of benzene rings is 2. The van der Waals surface area contributed by atoms with E-state index in [1.54, 1.807) is 11.8 Å². The zero-order chi connectivity index (χ0) is 14.4. The summed E-state index contributed by atoms with van der Waals surface area (Å²) in [5.74, 6) is -0.0499. The van der Waals surface area contributed by atoms with Crippen molar-refractivity contribution in [2.24, 2.45) is 0 Å². The van der Waals surface area contributed by atoms with Gasteiger partial charge in [0.2, 0.25) is 5.91 Å². The van der Waals surface area contributed by atoms with E-state index in [0.29, 0.717) is 0 Å². The van der Waals surface area contributed by atoms with Gasteiger partial charge in [-0.3, -0.25) is 4.79 Å². The Bertz CT molecular complexity index is 568. The van der Waals surface area contributed by atoms with Crippen molar-refractivity contribution < 1.29 is 4.79 Å². The molecule has 0 radical (unpaired) electrons. The van der Waals surface area contributed by atoms with Crippen LogP contribution in [-0.2, 0) is 4.79 Å². The molecule has 0 unspecified atom stereocenters. The maximum absolute atomic E-state index is 12.4. The molecule has 0 aliphatic carbocycles. The van der Waals surface area contributed by atoms with Crippen LogP contribution in [-0.4, -0.2) is 12.2 Å². The molecule has 0 aliphatic heterocycles. The van der Waals surface area contributed by atoms with Gasteiger partial charge in [-0.05, 0) is 36.4 Å². The Morgan fingerprint density at radius 1 is 1.15 bits per heavy atom. The fourth-order valence-corrected chi connectivity index (χ4v) is 2.65. The number of amides is 1. The molecule has 0 saturated heterocycles. The number of rotatable bonds is 5. The number of anilines is 1. The molecule has 2 aromatic rings. The summed E-state index contributed by atoms with van der Waals surface area (Å²) in [4.78, 5) is 13.6. The maximum Gasteiger partial charge on any atom is 0.231 e. The van der Waals surface area contributed by atoms with Crippen molar-refractivity contribution in [1.82, 2.24) is 0 Å². The molecule has 104 valence electrons. The second-order valence-electron chi connectivity index (χ2n) is 4.59. The van der Waals surface area contributed by atoms with Gasteiger partial charge >= 0.3 is 0 Å². The van der Waals surface area contributed by atoms with Gasteiger partial charge < -0.3 is 5.32 Å². The number of hydrogen-bond acceptors (Lipinski definition) is 2. The summed E-state index contributed by atoms with van der Waals surface area (Å²) in [5, 5.41) is 3.01. The summed E-state index contributed by atoms with van der Waals surface area (Å²) in [5.41, 5.74) is 1.92. The lowest BCUT2D eigenvalue weighted by atomic mass is 9.95. The summed E-state index contributed by atoms with van der Waals surface area (Å²) in [6.07, 6.45) is 2.82. The minimum Gasteiger partial charge on any atom is -0.326 e. The van der Waals surface area contributed by atoms with E-state index in [9.17, 15) is 4.79 Å². The second-order valence-corrected chi connectivity index (χ2v) is 5.47. The van der Waals surface area contributed by atoms with E-state index in [0.717, 1.165) is 22.6 Å². The Balaban J connectivity index is 2.13. The highest BCUT2D eigenvalue weighted by atomic mass is 32.2. The molecule has 3 heteroatoms. The molecule has 0 aromatic heterocycles. The molecule has 0 aliphatic rings. The zero-order valence-corrected chi connectivity index (χ0v) is 12.6. The highest BCUT2D eigenvalue weighted by Gasteiger charge is 2.18.